The number of carboxylic acid groups (broad SMARTS) is 1. The van der Waals surface area contributed by atoms with Crippen LogP contribution >= 0.6 is 0 Å². The molecule has 0 aliphatic carbocycles. The fourth-order valence-electron chi connectivity index (χ4n) is 4.84. The number of aryl methyl sites for hydroxylation is 1. The van der Waals surface area contributed by atoms with E-state index >= 15 is 0 Å². The molecule has 0 fully saturated rings. The van der Waals surface area contributed by atoms with E-state index in [1.807, 2.05) is 6.07 Å². The number of nitrogens with zero attached hydrogens (tertiary/aromatic N) is 2. The van der Waals surface area contributed by atoms with Gasteiger partial charge in [0.1, 0.15) is 5.52 Å². The van der Waals surface area contributed by atoms with Crippen molar-refractivity contribution < 1.29 is 22.9 Å². The van der Waals surface area contributed by atoms with Crippen molar-refractivity contribution in [2.45, 2.75) is 115 Å². The number of carbonyl (C=O) groups is 1. The largest absolute Gasteiger partial charge is 0.478 e. The zero-order chi connectivity index (χ0) is 26.0. The lowest BCUT2D eigenvalue weighted by atomic mass is 10.0. The molecule has 2 heterocycles. The van der Waals surface area contributed by atoms with Crippen molar-refractivity contribution in [1.29, 1.82) is 0 Å². The number of imidazole rings is 1. The van der Waals surface area contributed by atoms with Crippen LogP contribution in [0.5, 0.6) is 0 Å². The van der Waals surface area contributed by atoms with Gasteiger partial charge in [-0.2, -0.15) is 8.42 Å². The zero-order valence-electron chi connectivity index (χ0n) is 21.5. The molecule has 0 amide bonds. The molecule has 0 saturated heterocycles. The van der Waals surface area contributed by atoms with Gasteiger partial charge < -0.3 is 5.11 Å². The second kappa shape index (κ2) is 13.8. The SMILES string of the molecule is CCCCCCCCCCCCCCCCCc1cc2nc3c(C(=O)O)cc(S(=O)(=O)O)cc3n2[nH]1. The van der Waals surface area contributed by atoms with Gasteiger partial charge in [0, 0.05) is 11.8 Å². The van der Waals surface area contributed by atoms with Crippen LogP contribution in [-0.4, -0.2) is 38.6 Å². The minimum atomic E-state index is -4.55. The average molecular weight is 520 g/mol. The third-order valence-corrected chi connectivity index (χ3v) is 7.73. The van der Waals surface area contributed by atoms with Crippen molar-refractivity contribution in [2.75, 3.05) is 0 Å². The monoisotopic (exact) mass is 519 g/mol. The number of hydrogen-bond donors (Lipinski definition) is 3. The molecule has 3 N–H and O–H groups in total. The summed E-state index contributed by atoms with van der Waals surface area (Å²) in [6, 6.07) is 4.04. The maximum absolute atomic E-state index is 11.6. The molecular formula is C27H41N3O5S. The van der Waals surface area contributed by atoms with E-state index in [1.165, 1.54) is 89.5 Å². The Morgan fingerprint density at radius 2 is 1.39 bits per heavy atom. The van der Waals surface area contributed by atoms with E-state index in [0.29, 0.717) is 11.2 Å². The average Bonchev–Trinajstić information content (AvgIpc) is 3.38. The predicted molar refractivity (Wildman–Crippen MR) is 142 cm³/mol. The molecule has 0 aliphatic heterocycles. The minimum Gasteiger partial charge on any atom is -0.478 e. The van der Waals surface area contributed by atoms with Crippen LogP contribution in [0.25, 0.3) is 16.7 Å². The summed E-state index contributed by atoms with van der Waals surface area (Å²) in [4.78, 5) is 15.5. The molecule has 8 nitrogen and oxygen atoms in total. The van der Waals surface area contributed by atoms with Crippen molar-refractivity contribution in [3.63, 3.8) is 0 Å². The van der Waals surface area contributed by atoms with Crippen LogP contribution in [0.3, 0.4) is 0 Å². The van der Waals surface area contributed by atoms with E-state index in [-0.39, 0.29) is 11.1 Å². The Balaban J connectivity index is 1.38. The van der Waals surface area contributed by atoms with E-state index in [4.69, 9.17) is 0 Å². The van der Waals surface area contributed by atoms with Gasteiger partial charge in [0.05, 0.1) is 16.0 Å². The topological polar surface area (TPSA) is 125 Å². The molecule has 0 bridgehead atoms. The lowest BCUT2D eigenvalue weighted by Crippen LogP contribution is -2.04. The molecule has 0 unspecified atom stereocenters. The van der Waals surface area contributed by atoms with Crippen molar-refractivity contribution >= 4 is 32.8 Å². The number of carboxylic acids is 1. The van der Waals surface area contributed by atoms with Crippen molar-refractivity contribution in [3.05, 3.63) is 29.5 Å². The molecule has 3 aromatic rings. The summed E-state index contributed by atoms with van der Waals surface area (Å²) in [6.45, 7) is 2.26. The maximum atomic E-state index is 11.6. The summed E-state index contributed by atoms with van der Waals surface area (Å²) >= 11 is 0. The number of H-pyrrole nitrogens is 1. The Morgan fingerprint density at radius 3 is 1.89 bits per heavy atom. The van der Waals surface area contributed by atoms with Crippen LogP contribution in [0.15, 0.2) is 23.1 Å². The van der Waals surface area contributed by atoms with Gasteiger partial charge in [0.2, 0.25) is 0 Å². The Hall–Kier alpha value is -2.39. The lowest BCUT2D eigenvalue weighted by Gasteiger charge is -2.03. The first-order valence-corrected chi connectivity index (χ1v) is 15.0. The number of rotatable bonds is 18. The van der Waals surface area contributed by atoms with E-state index in [2.05, 4.69) is 17.0 Å². The normalized spacial score (nSPS) is 12.2. The van der Waals surface area contributed by atoms with Gasteiger partial charge in [-0.1, -0.05) is 96.8 Å². The summed E-state index contributed by atoms with van der Waals surface area (Å²) < 4.78 is 34.2. The van der Waals surface area contributed by atoms with E-state index in [1.54, 1.807) is 4.52 Å². The molecule has 0 spiro atoms. The molecule has 0 saturated carbocycles. The van der Waals surface area contributed by atoms with Crippen molar-refractivity contribution in [1.82, 2.24) is 14.6 Å². The highest BCUT2D eigenvalue weighted by molar-refractivity contribution is 7.85. The van der Waals surface area contributed by atoms with Gasteiger partial charge in [0.25, 0.3) is 10.1 Å². The summed E-state index contributed by atoms with van der Waals surface area (Å²) in [5.74, 6) is -1.30. The quantitative estimate of drug-likeness (QED) is 0.121. The number of aromatic carboxylic acids is 1. The van der Waals surface area contributed by atoms with Gasteiger partial charge in [-0.05, 0) is 25.0 Å². The van der Waals surface area contributed by atoms with Gasteiger partial charge >= 0.3 is 5.97 Å². The molecule has 0 atom stereocenters. The van der Waals surface area contributed by atoms with Crippen molar-refractivity contribution in [2.24, 2.45) is 0 Å². The minimum absolute atomic E-state index is 0.180. The molecule has 0 aliphatic rings. The lowest BCUT2D eigenvalue weighted by molar-refractivity contribution is 0.0698. The van der Waals surface area contributed by atoms with Crippen LogP contribution in [0.1, 0.15) is 119 Å². The van der Waals surface area contributed by atoms with Gasteiger partial charge in [-0.25, -0.2) is 14.3 Å². The Bertz CT molecular complexity index is 1230. The molecular weight excluding hydrogens is 478 g/mol. The third kappa shape index (κ3) is 8.06. The first kappa shape index (κ1) is 28.2. The Morgan fingerprint density at radius 1 is 0.861 bits per heavy atom. The molecule has 9 heteroatoms. The molecule has 36 heavy (non-hydrogen) atoms. The van der Waals surface area contributed by atoms with Crippen molar-refractivity contribution in [3.8, 4) is 0 Å². The fourth-order valence-corrected chi connectivity index (χ4v) is 5.37. The molecule has 1 aromatic carbocycles. The number of hydrogen-bond acceptors (Lipinski definition) is 4. The van der Waals surface area contributed by atoms with E-state index < -0.39 is 21.0 Å². The van der Waals surface area contributed by atoms with Gasteiger partial charge in [-0.15, -0.1) is 0 Å². The highest BCUT2D eigenvalue weighted by Gasteiger charge is 2.21. The maximum Gasteiger partial charge on any atom is 0.338 e. The van der Waals surface area contributed by atoms with E-state index in [9.17, 15) is 22.9 Å². The second-order valence-corrected chi connectivity index (χ2v) is 11.3. The first-order chi connectivity index (χ1) is 17.3. The third-order valence-electron chi connectivity index (χ3n) is 6.90. The first-order valence-electron chi connectivity index (χ1n) is 13.6. The zero-order valence-corrected chi connectivity index (χ0v) is 22.3. The predicted octanol–water partition coefficient (Wildman–Crippen LogP) is 7.17. The number of fused-ring (bicyclic) bond motifs is 3. The smallest absolute Gasteiger partial charge is 0.338 e. The highest BCUT2D eigenvalue weighted by atomic mass is 32.2. The van der Waals surface area contributed by atoms with Gasteiger partial charge in [-0.3, -0.25) is 9.65 Å². The summed E-state index contributed by atoms with van der Waals surface area (Å²) in [6.07, 6.45) is 20.6. The van der Waals surface area contributed by atoms with Crippen LogP contribution in [0, 0.1) is 0 Å². The number of aromatic nitrogens is 3. The summed E-state index contributed by atoms with van der Waals surface area (Å²) in [5, 5.41) is 12.7. The standard InChI is InChI=1S/C27H41N3O5S/c1-2-3-4-5-6-7-8-9-10-11-12-13-14-15-16-17-21-18-25-28-26-23(27(31)32)19-22(36(33,34)35)20-24(26)30(25)29-21/h18-20,29H,2-17H2,1H3,(H,31,32)(H,33,34,35). The number of unbranched alkanes of at least 4 members (excludes halogenated alkanes) is 14. The molecule has 0 radical (unpaired) electrons. The number of benzene rings is 1. The molecule has 3 rings (SSSR count). The fraction of sp³-hybridized carbons (Fsp3) is 0.630. The molecule has 2 aromatic heterocycles. The Kier molecular flexibility index (Phi) is 10.8. The number of aromatic amines is 1. The van der Waals surface area contributed by atoms with Crippen LogP contribution in [0.2, 0.25) is 0 Å². The summed E-state index contributed by atoms with van der Waals surface area (Å²) in [7, 11) is -4.55. The Labute approximate surface area is 214 Å². The highest BCUT2D eigenvalue weighted by Crippen LogP contribution is 2.26. The molecule has 200 valence electrons. The number of nitrogens with one attached hydrogen (secondary N) is 1. The van der Waals surface area contributed by atoms with E-state index in [0.717, 1.165) is 31.0 Å². The van der Waals surface area contributed by atoms with Gasteiger partial charge in [0.15, 0.2) is 5.65 Å². The summed E-state index contributed by atoms with van der Waals surface area (Å²) in [5.41, 5.74) is 1.71. The second-order valence-electron chi connectivity index (χ2n) is 9.91. The van der Waals surface area contributed by atoms with Crippen LogP contribution < -0.4 is 0 Å². The van der Waals surface area contributed by atoms with Crippen LogP contribution in [0.4, 0.5) is 0 Å². The van der Waals surface area contributed by atoms with Crippen LogP contribution in [-0.2, 0) is 16.5 Å².